The molecule has 0 radical (unpaired) electrons. The van der Waals surface area contributed by atoms with E-state index in [1.165, 1.54) is 26.9 Å². The summed E-state index contributed by atoms with van der Waals surface area (Å²) in [6.45, 7) is -0.279. The Kier molecular flexibility index (Phi) is 10.1. The number of ether oxygens (including phenoxy) is 1. The van der Waals surface area contributed by atoms with Gasteiger partial charge in [0, 0.05) is 32.3 Å². The number of nitrogens with zero attached hydrogens (tertiary/aromatic N) is 3. The van der Waals surface area contributed by atoms with E-state index in [1.54, 1.807) is 38.5 Å². The van der Waals surface area contributed by atoms with Gasteiger partial charge >= 0.3 is 6.09 Å². The van der Waals surface area contributed by atoms with E-state index in [4.69, 9.17) is 9.84 Å². The van der Waals surface area contributed by atoms with E-state index in [9.17, 15) is 19.2 Å². The number of aliphatic hydroxyl groups excluding tert-OH is 1. The van der Waals surface area contributed by atoms with Gasteiger partial charge in [-0.25, -0.2) is 9.78 Å². The summed E-state index contributed by atoms with van der Waals surface area (Å²) in [6, 6.07) is 10.1. The molecule has 2 heterocycles. The van der Waals surface area contributed by atoms with E-state index in [-0.39, 0.29) is 49.8 Å². The van der Waals surface area contributed by atoms with E-state index >= 15 is 0 Å². The van der Waals surface area contributed by atoms with Crippen molar-refractivity contribution in [2.24, 2.45) is 0 Å². The minimum atomic E-state index is -0.942. The lowest BCUT2D eigenvalue weighted by atomic mass is 10.0. The monoisotopic (exact) mass is 526 g/mol. The predicted molar refractivity (Wildman–Crippen MR) is 141 cm³/mol. The Labute approximate surface area is 218 Å². The van der Waals surface area contributed by atoms with Gasteiger partial charge in [0.15, 0.2) is 5.78 Å². The lowest BCUT2D eigenvalue weighted by Gasteiger charge is -2.17. The molecule has 0 saturated carbocycles. The number of thiazole rings is 1. The number of fused-ring (bicyclic) bond motifs is 1. The molecular weight excluding hydrogens is 496 g/mol. The number of para-hydroxylation sites is 1. The number of nitrogens with one attached hydrogen (secondary N) is 1. The van der Waals surface area contributed by atoms with Crippen molar-refractivity contribution in [3.63, 3.8) is 0 Å². The van der Waals surface area contributed by atoms with E-state index in [0.29, 0.717) is 12.0 Å². The van der Waals surface area contributed by atoms with E-state index in [2.05, 4.69) is 10.3 Å². The molecule has 0 bridgehead atoms. The lowest BCUT2D eigenvalue weighted by Crippen LogP contribution is -2.42. The van der Waals surface area contributed by atoms with Crippen molar-refractivity contribution in [2.45, 2.75) is 31.8 Å². The molecule has 0 fully saturated rings. The first-order valence-electron chi connectivity index (χ1n) is 11.8. The van der Waals surface area contributed by atoms with Gasteiger partial charge in [0.2, 0.25) is 5.91 Å². The summed E-state index contributed by atoms with van der Waals surface area (Å²) in [7, 11) is 3.25. The van der Waals surface area contributed by atoms with Gasteiger partial charge in [-0.3, -0.25) is 14.4 Å². The quantitative estimate of drug-likeness (QED) is 0.346. The minimum absolute atomic E-state index is 0.190. The van der Waals surface area contributed by atoms with Crippen LogP contribution in [-0.4, -0.2) is 70.7 Å². The number of allylic oxidation sites excluding steroid dienone is 1. The highest BCUT2D eigenvalue weighted by atomic mass is 32.1. The molecular formula is C26H30N4O6S. The second-order valence-electron chi connectivity index (χ2n) is 8.45. The molecule has 1 atom stereocenters. The number of amides is 2. The fourth-order valence-corrected chi connectivity index (χ4v) is 4.49. The van der Waals surface area contributed by atoms with E-state index in [1.807, 2.05) is 24.3 Å². The first-order chi connectivity index (χ1) is 17.8. The third-order valence-electron chi connectivity index (χ3n) is 5.44. The minimum Gasteiger partial charge on any atom is -0.447 e. The number of likely N-dealkylation sites (N-methyl/N-ethyl adjacent to an activating group) is 1. The molecule has 3 aromatic rings. The van der Waals surface area contributed by atoms with Crippen LogP contribution >= 0.6 is 11.3 Å². The maximum absolute atomic E-state index is 13.1. The number of carbonyl (C=O) groups excluding carboxylic acids is 3. The molecule has 11 heteroatoms. The molecule has 2 N–H and O–H groups in total. The molecule has 0 aliphatic heterocycles. The fraction of sp³-hybridized carbons (Fsp3) is 0.346. The predicted octanol–water partition coefficient (Wildman–Crippen LogP) is 2.13. The summed E-state index contributed by atoms with van der Waals surface area (Å²) in [5.41, 5.74) is 0.848. The maximum atomic E-state index is 13.1. The van der Waals surface area contributed by atoms with E-state index in [0.717, 1.165) is 15.2 Å². The summed E-state index contributed by atoms with van der Waals surface area (Å²) in [5.74, 6) is -0.570. The zero-order chi connectivity index (χ0) is 26.8. The van der Waals surface area contributed by atoms with Crippen LogP contribution in [0.2, 0.25) is 0 Å². The smallest absolute Gasteiger partial charge is 0.407 e. The van der Waals surface area contributed by atoms with Crippen LogP contribution in [0.4, 0.5) is 4.79 Å². The molecule has 0 aliphatic rings. The molecule has 10 nitrogen and oxygen atoms in total. The maximum Gasteiger partial charge on any atom is 0.407 e. The van der Waals surface area contributed by atoms with Crippen molar-refractivity contribution in [3.8, 4) is 0 Å². The van der Waals surface area contributed by atoms with Crippen molar-refractivity contribution >= 4 is 39.3 Å². The molecule has 0 spiro atoms. The third kappa shape index (κ3) is 8.09. The molecule has 1 aromatic carbocycles. The zero-order valence-electron chi connectivity index (χ0n) is 20.8. The number of rotatable bonds is 12. The van der Waals surface area contributed by atoms with Gasteiger partial charge in [-0.2, -0.15) is 0 Å². The fourth-order valence-electron chi connectivity index (χ4n) is 3.52. The largest absolute Gasteiger partial charge is 0.447 e. The van der Waals surface area contributed by atoms with Crippen LogP contribution in [0, 0.1) is 0 Å². The van der Waals surface area contributed by atoms with Crippen LogP contribution in [0.3, 0.4) is 0 Å². The molecule has 3 rings (SSSR count). The van der Waals surface area contributed by atoms with Crippen molar-refractivity contribution in [3.05, 3.63) is 75.7 Å². The molecule has 2 aromatic heterocycles. The number of hydrogen-bond acceptors (Lipinski definition) is 8. The van der Waals surface area contributed by atoms with Crippen LogP contribution in [0.15, 0.2) is 59.5 Å². The highest BCUT2D eigenvalue weighted by molar-refractivity contribution is 7.18. The van der Waals surface area contributed by atoms with E-state index < -0.39 is 12.1 Å². The van der Waals surface area contributed by atoms with Gasteiger partial charge in [0.1, 0.15) is 11.6 Å². The highest BCUT2D eigenvalue weighted by Crippen LogP contribution is 2.21. The van der Waals surface area contributed by atoms with Crippen LogP contribution in [-0.2, 0) is 27.3 Å². The average molecular weight is 527 g/mol. The zero-order valence-corrected chi connectivity index (χ0v) is 21.6. The van der Waals surface area contributed by atoms with Crippen molar-refractivity contribution in [1.29, 1.82) is 0 Å². The Morgan fingerprint density at radius 3 is 2.73 bits per heavy atom. The Balaban J connectivity index is 1.72. The van der Waals surface area contributed by atoms with Gasteiger partial charge < -0.3 is 24.6 Å². The SMILES string of the molecule is CN(C)C(=O)/C=C/CC[C@H](NC(=O)OCCO)C(=O)Cc1cccn(Cc2nc3ccccc3s2)c1=O. The van der Waals surface area contributed by atoms with Crippen LogP contribution in [0.1, 0.15) is 23.4 Å². The lowest BCUT2D eigenvalue weighted by molar-refractivity contribution is -0.123. The second kappa shape index (κ2) is 13.5. The Morgan fingerprint density at radius 2 is 2.00 bits per heavy atom. The Bertz CT molecular complexity index is 1300. The summed E-state index contributed by atoms with van der Waals surface area (Å²) in [4.78, 5) is 56.0. The summed E-state index contributed by atoms with van der Waals surface area (Å²) in [6.07, 6.45) is 4.17. The molecule has 0 saturated heterocycles. The molecule has 0 aliphatic carbocycles. The van der Waals surface area contributed by atoms with Crippen molar-refractivity contribution in [1.82, 2.24) is 19.8 Å². The number of aliphatic hydroxyl groups is 1. The number of alkyl carbamates (subject to hydrolysis) is 1. The number of hydrogen-bond donors (Lipinski definition) is 2. The number of Topliss-reactive ketones (excluding diaryl/α,β-unsaturated/α-hetero) is 1. The second-order valence-corrected chi connectivity index (χ2v) is 9.57. The number of aromatic nitrogens is 2. The van der Waals surface area contributed by atoms with Gasteiger partial charge in [0.05, 0.1) is 29.4 Å². The van der Waals surface area contributed by atoms with Crippen LogP contribution < -0.4 is 10.9 Å². The van der Waals surface area contributed by atoms with Gasteiger partial charge in [-0.15, -0.1) is 11.3 Å². The highest BCUT2D eigenvalue weighted by Gasteiger charge is 2.22. The Hall–Kier alpha value is -3.83. The normalized spacial score (nSPS) is 12.0. The van der Waals surface area contributed by atoms with Crippen LogP contribution in [0.5, 0.6) is 0 Å². The number of pyridine rings is 1. The van der Waals surface area contributed by atoms with Gasteiger partial charge in [-0.1, -0.05) is 24.3 Å². The standard InChI is InChI=1S/C26H30N4O6S/c1-29(2)24(33)12-6-4-9-19(28-26(35)36-15-14-31)21(32)16-18-8-7-13-30(25(18)34)17-23-27-20-10-3-5-11-22(20)37-23/h3,5-8,10-13,19,31H,4,9,14-17H2,1-2H3,(H,28,35)/b12-6+/t19-/m0/s1. The summed E-state index contributed by atoms with van der Waals surface area (Å²) < 4.78 is 7.37. The summed E-state index contributed by atoms with van der Waals surface area (Å²) >= 11 is 1.50. The number of benzene rings is 1. The van der Waals surface area contributed by atoms with Gasteiger partial charge in [-0.05, 0) is 37.1 Å². The number of carbonyl (C=O) groups is 3. The molecule has 196 valence electrons. The molecule has 2 amide bonds. The summed E-state index contributed by atoms with van der Waals surface area (Å²) in [5, 5.41) is 12.1. The Morgan fingerprint density at radius 1 is 1.22 bits per heavy atom. The first kappa shape index (κ1) is 27.8. The molecule has 37 heavy (non-hydrogen) atoms. The number of ketones is 1. The molecule has 0 unspecified atom stereocenters. The first-order valence-corrected chi connectivity index (χ1v) is 12.6. The third-order valence-corrected chi connectivity index (χ3v) is 6.46. The van der Waals surface area contributed by atoms with Crippen molar-refractivity contribution in [2.75, 3.05) is 27.3 Å². The van der Waals surface area contributed by atoms with Crippen LogP contribution in [0.25, 0.3) is 10.2 Å². The average Bonchev–Trinajstić information content (AvgIpc) is 3.29. The van der Waals surface area contributed by atoms with Crippen molar-refractivity contribution < 1.29 is 24.2 Å². The van der Waals surface area contributed by atoms with Gasteiger partial charge in [0.25, 0.3) is 5.56 Å². The topological polar surface area (TPSA) is 131 Å².